The Morgan fingerprint density at radius 1 is 1.16 bits per heavy atom. The lowest BCUT2D eigenvalue weighted by Crippen LogP contribution is -2.47. The highest BCUT2D eigenvalue weighted by molar-refractivity contribution is 5.35. The van der Waals surface area contributed by atoms with Gasteiger partial charge in [0.2, 0.25) is 5.95 Å². The van der Waals surface area contributed by atoms with Crippen molar-refractivity contribution in [2.24, 2.45) is 0 Å². The minimum absolute atomic E-state index is 0.259. The molecule has 7 heteroatoms. The summed E-state index contributed by atoms with van der Waals surface area (Å²) in [5.74, 6) is 0.757. The Morgan fingerprint density at radius 2 is 1.92 bits per heavy atom. The maximum absolute atomic E-state index is 6.31. The predicted molar refractivity (Wildman–Crippen MR) is 94.2 cm³/mol. The maximum atomic E-state index is 6.31. The molecule has 0 atom stereocenters. The third-order valence-electron chi connectivity index (χ3n) is 5.12. The summed E-state index contributed by atoms with van der Waals surface area (Å²) in [7, 11) is 3.95. The Morgan fingerprint density at radius 3 is 2.64 bits per heavy atom. The third kappa shape index (κ3) is 3.21. The molecule has 4 heterocycles. The Balaban J connectivity index is 1.52. The lowest BCUT2D eigenvalue weighted by Gasteiger charge is -2.44. The van der Waals surface area contributed by atoms with E-state index in [-0.39, 0.29) is 5.60 Å². The fourth-order valence-corrected chi connectivity index (χ4v) is 3.74. The zero-order valence-corrected chi connectivity index (χ0v) is 14.9. The van der Waals surface area contributed by atoms with Gasteiger partial charge in [-0.3, -0.25) is 4.90 Å². The zero-order valence-electron chi connectivity index (χ0n) is 14.9. The average molecular weight is 340 g/mol. The molecule has 7 nitrogen and oxygen atoms in total. The molecule has 0 saturated carbocycles. The van der Waals surface area contributed by atoms with Gasteiger partial charge in [0.1, 0.15) is 11.9 Å². The second-order valence-electron chi connectivity index (χ2n) is 7.05. The lowest BCUT2D eigenvalue weighted by molar-refractivity contribution is -0.102. The number of hydrogen-bond acceptors (Lipinski definition) is 7. The molecule has 0 radical (unpaired) electrons. The van der Waals surface area contributed by atoms with Crippen LogP contribution in [0.25, 0.3) is 0 Å². The van der Waals surface area contributed by atoms with Gasteiger partial charge in [-0.1, -0.05) is 0 Å². The summed E-state index contributed by atoms with van der Waals surface area (Å²) in [5, 5.41) is 0. The van der Waals surface area contributed by atoms with E-state index in [1.54, 1.807) is 6.33 Å². The van der Waals surface area contributed by atoms with Crippen molar-refractivity contribution in [3.05, 3.63) is 41.7 Å². The van der Waals surface area contributed by atoms with Crippen LogP contribution in [-0.2, 0) is 23.3 Å². The van der Waals surface area contributed by atoms with Gasteiger partial charge in [0.25, 0.3) is 0 Å². The zero-order chi connectivity index (χ0) is 17.3. The third-order valence-corrected chi connectivity index (χ3v) is 5.12. The van der Waals surface area contributed by atoms with Crippen LogP contribution < -0.4 is 4.90 Å². The van der Waals surface area contributed by atoms with Crippen molar-refractivity contribution in [1.82, 2.24) is 24.8 Å². The van der Waals surface area contributed by atoms with E-state index >= 15 is 0 Å². The summed E-state index contributed by atoms with van der Waals surface area (Å²) in [6, 6.07) is 0. The van der Waals surface area contributed by atoms with Crippen molar-refractivity contribution >= 4 is 5.95 Å². The Hall–Kier alpha value is -2.12. The number of anilines is 1. The second kappa shape index (κ2) is 6.65. The molecule has 1 fully saturated rings. The number of fused-ring (bicyclic) bond motifs is 2. The Kier molecular flexibility index (Phi) is 4.35. The van der Waals surface area contributed by atoms with Crippen LogP contribution in [-0.4, -0.2) is 58.6 Å². The molecule has 2 aliphatic heterocycles. The summed E-state index contributed by atoms with van der Waals surface area (Å²) < 4.78 is 6.31. The summed E-state index contributed by atoms with van der Waals surface area (Å²) >= 11 is 0. The van der Waals surface area contributed by atoms with Crippen molar-refractivity contribution in [3.63, 3.8) is 0 Å². The van der Waals surface area contributed by atoms with E-state index < -0.39 is 0 Å². The Bertz CT molecular complexity index is 728. The van der Waals surface area contributed by atoms with Gasteiger partial charge < -0.3 is 9.64 Å². The number of likely N-dealkylation sites (tertiary alicyclic amines) is 1. The van der Waals surface area contributed by atoms with Gasteiger partial charge in [-0.2, -0.15) is 0 Å². The highest BCUT2D eigenvalue weighted by atomic mass is 16.5. The first-order valence-corrected chi connectivity index (χ1v) is 8.80. The summed E-state index contributed by atoms with van der Waals surface area (Å²) in [5.41, 5.74) is 3.23. The normalized spacial score (nSPS) is 19.6. The average Bonchev–Trinajstić information content (AvgIpc) is 2.65. The predicted octanol–water partition coefficient (Wildman–Crippen LogP) is 1.40. The number of rotatable bonds is 3. The fourth-order valence-electron chi connectivity index (χ4n) is 3.74. The van der Waals surface area contributed by atoms with Crippen LogP contribution in [0.15, 0.2) is 24.9 Å². The van der Waals surface area contributed by atoms with Gasteiger partial charge in [-0.05, 0) is 24.8 Å². The molecule has 2 aromatic rings. The van der Waals surface area contributed by atoms with Gasteiger partial charge in [0.15, 0.2) is 0 Å². The molecule has 4 rings (SSSR count). The largest absolute Gasteiger partial charge is 0.368 e. The number of aromatic nitrogens is 4. The van der Waals surface area contributed by atoms with Crippen LogP contribution in [0, 0.1) is 0 Å². The lowest BCUT2D eigenvalue weighted by atomic mass is 9.83. The monoisotopic (exact) mass is 340 g/mol. The number of piperidine rings is 1. The van der Waals surface area contributed by atoms with Crippen molar-refractivity contribution in [2.75, 3.05) is 38.7 Å². The van der Waals surface area contributed by atoms with Gasteiger partial charge >= 0.3 is 0 Å². The molecule has 0 aromatic carbocycles. The molecule has 25 heavy (non-hydrogen) atoms. The van der Waals surface area contributed by atoms with Crippen molar-refractivity contribution in [3.8, 4) is 0 Å². The van der Waals surface area contributed by atoms with Crippen LogP contribution >= 0.6 is 0 Å². The molecule has 1 spiro atoms. The molecule has 0 bridgehead atoms. The van der Waals surface area contributed by atoms with Gasteiger partial charge in [0, 0.05) is 57.9 Å². The van der Waals surface area contributed by atoms with Crippen LogP contribution in [0.1, 0.15) is 29.7 Å². The molecule has 2 aliphatic rings. The van der Waals surface area contributed by atoms with E-state index in [1.807, 2.05) is 37.6 Å². The molecule has 0 aliphatic carbocycles. The first-order chi connectivity index (χ1) is 12.2. The smallest absolute Gasteiger partial charge is 0.225 e. The van der Waals surface area contributed by atoms with Crippen molar-refractivity contribution < 1.29 is 4.74 Å². The van der Waals surface area contributed by atoms with Crippen LogP contribution in [0.3, 0.4) is 0 Å². The van der Waals surface area contributed by atoms with E-state index in [9.17, 15) is 0 Å². The topological polar surface area (TPSA) is 67.3 Å². The number of nitrogens with zero attached hydrogens (tertiary/aromatic N) is 6. The number of hydrogen-bond donors (Lipinski definition) is 0. The van der Waals surface area contributed by atoms with E-state index in [4.69, 9.17) is 9.72 Å². The molecule has 1 saturated heterocycles. The van der Waals surface area contributed by atoms with Crippen molar-refractivity contribution in [1.29, 1.82) is 0 Å². The molecule has 0 amide bonds. The van der Waals surface area contributed by atoms with E-state index in [0.29, 0.717) is 0 Å². The standard InChI is InChI=1S/C18H24N6O/c1-23(2)17-21-11-15-3-8-25-18(16(15)22-17)4-6-24(7-5-18)12-14-9-19-13-20-10-14/h9-11,13H,3-8,12H2,1-2H3. The van der Waals surface area contributed by atoms with E-state index in [1.165, 1.54) is 5.56 Å². The molecular weight excluding hydrogens is 316 g/mol. The minimum atomic E-state index is -0.259. The van der Waals surface area contributed by atoms with E-state index in [2.05, 4.69) is 19.9 Å². The molecule has 132 valence electrons. The van der Waals surface area contributed by atoms with Gasteiger partial charge in [0.05, 0.1) is 12.3 Å². The first kappa shape index (κ1) is 16.4. The second-order valence-corrected chi connectivity index (χ2v) is 7.05. The highest BCUT2D eigenvalue weighted by Gasteiger charge is 2.42. The van der Waals surface area contributed by atoms with Gasteiger partial charge in [-0.15, -0.1) is 0 Å². The molecular formula is C18H24N6O. The first-order valence-electron chi connectivity index (χ1n) is 8.80. The highest BCUT2D eigenvalue weighted by Crippen LogP contribution is 2.40. The molecule has 0 N–H and O–H groups in total. The summed E-state index contributed by atoms with van der Waals surface area (Å²) in [4.78, 5) is 21.9. The molecule has 2 aromatic heterocycles. The summed E-state index contributed by atoms with van der Waals surface area (Å²) in [6.45, 7) is 3.60. The quantitative estimate of drug-likeness (QED) is 0.836. The van der Waals surface area contributed by atoms with Crippen LogP contribution in [0.5, 0.6) is 0 Å². The summed E-state index contributed by atoms with van der Waals surface area (Å²) in [6.07, 6.45) is 10.1. The molecule has 0 unspecified atom stereocenters. The maximum Gasteiger partial charge on any atom is 0.225 e. The fraction of sp³-hybridized carbons (Fsp3) is 0.556. The Labute approximate surface area is 148 Å². The van der Waals surface area contributed by atoms with E-state index in [0.717, 1.165) is 62.7 Å². The number of ether oxygens (including phenoxy) is 1. The SMILES string of the molecule is CN(C)c1ncc2c(n1)C1(CCN(Cc3cncnc3)CC1)OCC2. The van der Waals surface area contributed by atoms with Crippen LogP contribution in [0.4, 0.5) is 5.95 Å². The van der Waals surface area contributed by atoms with Crippen molar-refractivity contribution in [2.45, 2.75) is 31.4 Å². The van der Waals surface area contributed by atoms with Crippen LogP contribution in [0.2, 0.25) is 0 Å². The minimum Gasteiger partial charge on any atom is -0.368 e. The van der Waals surface area contributed by atoms with Gasteiger partial charge in [-0.25, -0.2) is 19.9 Å².